The highest BCUT2D eigenvalue weighted by atomic mass is 35.5. The van der Waals surface area contributed by atoms with Crippen LogP contribution >= 0.6 is 23.2 Å². The lowest BCUT2D eigenvalue weighted by Gasteiger charge is -2.14. The average molecular weight is 1130 g/mol. The largest absolute Gasteiger partial charge is 0.508 e. The van der Waals surface area contributed by atoms with E-state index in [9.17, 15) is 66.9 Å². The van der Waals surface area contributed by atoms with Gasteiger partial charge in [0.15, 0.2) is 54.2 Å². The molecule has 0 bridgehead atoms. The minimum absolute atomic E-state index is 0.0694. The van der Waals surface area contributed by atoms with E-state index >= 15 is 0 Å². The van der Waals surface area contributed by atoms with E-state index in [1.165, 1.54) is 100 Å². The third-order valence-electron chi connectivity index (χ3n) is 10.6. The highest BCUT2D eigenvalue weighted by Crippen LogP contribution is 2.35. The second-order valence-corrected chi connectivity index (χ2v) is 17.8. The summed E-state index contributed by atoms with van der Waals surface area (Å²) in [5.74, 6) is -5.59. The number of imide groups is 5. The number of cyclic esters (lactones) is 5. The topological polar surface area (TPSA) is 334 Å². The van der Waals surface area contributed by atoms with Crippen LogP contribution in [0, 0.1) is 11.6 Å². The summed E-state index contributed by atoms with van der Waals surface area (Å²) >= 11 is 11.3. The van der Waals surface area contributed by atoms with Gasteiger partial charge in [-0.2, -0.15) is 0 Å². The van der Waals surface area contributed by atoms with E-state index < -0.39 is 94.3 Å². The van der Waals surface area contributed by atoms with E-state index in [0.717, 1.165) is 48.8 Å². The molecule has 5 fully saturated rings. The molecule has 0 saturated carbocycles. The van der Waals surface area contributed by atoms with Gasteiger partial charge >= 0.3 is 30.5 Å². The van der Waals surface area contributed by atoms with Crippen LogP contribution in [-0.2, 0) is 47.7 Å². The number of rotatable bonds is 5. The molecule has 5 aliphatic rings. The lowest BCUT2D eigenvalue weighted by Crippen LogP contribution is -2.36. The van der Waals surface area contributed by atoms with Crippen molar-refractivity contribution in [2.24, 2.45) is 0 Å². The van der Waals surface area contributed by atoms with E-state index in [1.54, 1.807) is 0 Å². The zero-order valence-electron chi connectivity index (χ0n) is 40.5. The fourth-order valence-electron chi connectivity index (χ4n) is 6.73. The van der Waals surface area contributed by atoms with Crippen molar-refractivity contribution < 1.29 is 106 Å². The molecule has 78 heavy (non-hydrogen) atoms. The lowest BCUT2D eigenvalue weighted by molar-refractivity contribution is -0.127. The van der Waals surface area contributed by atoms with E-state index in [1.807, 2.05) is 0 Å². The van der Waals surface area contributed by atoms with Gasteiger partial charge in [0.05, 0.1) is 38.5 Å². The summed E-state index contributed by atoms with van der Waals surface area (Å²) in [4.78, 5) is 118. The first-order valence-corrected chi connectivity index (χ1v) is 22.7. The molecule has 10 rings (SSSR count). The van der Waals surface area contributed by atoms with Crippen LogP contribution in [0.25, 0.3) is 0 Å². The maximum Gasteiger partial charge on any atom is 0.422 e. The third kappa shape index (κ3) is 12.7. The molecule has 5 saturated heterocycles. The molecular formula is C49H39Cl2F2N5O20. The number of hydrogen-bond acceptors (Lipinski definition) is 20. The Morgan fingerprint density at radius 2 is 0.731 bits per heavy atom. The molecule has 0 unspecified atom stereocenters. The van der Waals surface area contributed by atoms with Crippen LogP contribution in [0.15, 0.2) is 97.1 Å². The molecule has 5 aromatic rings. The van der Waals surface area contributed by atoms with Crippen LogP contribution < -0.4 is 24.5 Å². The Morgan fingerprint density at radius 1 is 0.397 bits per heavy atom. The Bertz CT molecular complexity index is 3080. The molecule has 5 aliphatic heterocycles. The number of halogens is 4. The molecule has 0 radical (unpaired) electrons. The summed E-state index contributed by atoms with van der Waals surface area (Å²) in [6.45, 7) is 5.09. The number of phenolic OH excluding ortho intramolecular Hbond substituents is 5. The molecule has 5 heterocycles. The molecule has 0 aromatic heterocycles. The van der Waals surface area contributed by atoms with Crippen LogP contribution in [-0.4, -0.2) is 117 Å². The molecule has 0 spiro atoms. The molecular weight excluding hydrogens is 1090 g/mol. The normalized spacial score (nSPS) is 16.9. The van der Waals surface area contributed by atoms with E-state index in [4.69, 9.17) is 48.0 Å². The van der Waals surface area contributed by atoms with Gasteiger partial charge in [-0.1, -0.05) is 23.2 Å². The fourth-order valence-corrected chi connectivity index (χ4v) is 7.03. The van der Waals surface area contributed by atoms with Crippen LogP contribution in [0.2, 0.25) is 10.0 Å². The van der Waals surface area contributed by atoms with E-state index in [2.05, 4.69) is 14.2 Å². The summed E-state index contributed by atoms with van der Waals surface area (Å²) in [5, 5.41) is 46.1. The summed E-state index contributed by atoms with van der Waals surface area (Å²) < 4.78 is 48.9. The maximum atomic E-state index is 12.9. The second-order valence-electron chi connectivity index (χ2n) is 16.9. The van der Waals surface area contributed by atoms with Gasteiger partial charge in [0.1, 0.15) is 17.2 Å². The van der Waals surface area contributed by atoms with Crippen LogP contribution in [0.4, 0.5) is 61.2 Å². The summed E-state index contributed by atoms with van der Waals surface area (Å²) in [6, 6.07) is 20.2. The number of ether oxygens (including phenoxy) is 5. The number of aromatic hydroxyl groups is 5. The van der Waals surface area contributed by atoms with Crippen molar-refractivity contribution in [1.29, 1.82) is 0 Å². The average Bonchev–Trinajstić information content (AvgIpc) is 4.14. The van der Waals surface area contributed by atoms with Gasteiger partial charge in [-0.05, 0) is 107 Å². The number of amides is 10. The number of nitrogens with zero attached hydrogens (tertiary/aromatic N) is 5. The number of carbonyl (C=O) groups is 10. The van der Waals surface area contributed by atoms with Crippen molar-refractivity contribution >= 4 is 112 Å². The maximum absolute atomic E-state index is 12.9. The number of benzene rings is 5. The zero-order chi connectivity index (χ0) is 57.7. The molecule has 5 aromatic carbocycles. The summed E-state index contributed by atoms with van der Waals surface area (Å²) in [5.41, 5.74) is -1.37. The fraction of sp³-hybridized carbons (Fsp3) is 0.184. The van der Waals surface area contributed by atoms with Crippen LogP contribution in [0.5, 0.6) is 28.7 Å². The molecule has 408 valence electrons. The number of carbonyl (C=O) groups excluding carboxylic acids is 10. The van der Waals surface area contributed by atoms with Gasteiger partial charge in [-0.3, -0.25) is 24.0 Å². The van der Waals surface area contributed by atoms with Gasteiger partial charge in [0, 0.05) is 18.2 Å². The lowest BCUT2D eigenvalue weighted by atomic mass is 10.1. The van der Waals surface area contributed by atoms with Crippen LogP contribution in [0.1, 0.15) is 27.7 Å². The number of anilines is 5. The monoisotopic (exact) mass is 1130 g/mol. The predicted molar refractivity (Wildman–Crippen MR) is 263 cm³/mol. The Morgan fingerprint density at radius 3 is 1.06 bits per heavy atom. The van der Waals surface area contributed by atoms with Crippen molar-refractivity contribution in [3.8, 4) is 28.7 Å². The van der Waals surface area contributed by atoms with E-state index in [0.29, 0.717) is 5.69 Å². The quantitative estimate of drug-likeness (QED) is 0.106. The predicted octanol–water partition coefficient (Wildman–Crippen LogP) is 7.52. The Kier molecular flexibility index (Phi) is 17.0. The molecule has 0 atom stereocenters. The first kappa shape index (κ1) is 57.5. The van der Waals surface area contributed by atoms with Crippen molar-refractivity contribution in [3.05, 3.63) is 119 Å². The standard InChI is InChI=1S/C11H10ClNO4.C11H10FNO4.C9H6ClNO4.C9H6FNO4.C9H7NO4/c2*1-11(2)9(15)13(10(16)17-11)6-3-4-7(12)8(14)5-6;10-6-3-5(1-2-7(6)12)11-8(13)4-15-9(11)14;10-6-2-1-5(3-7(6)12)11-8(13)4-15-9(11)14;11-7-3-1-6(2-4-7)10-8(12)5-14-9(10)13/h2*3-5,14H,1-2H3;2*1-3,12H,4H2;1-4,11H,5H2. The van der Waals surface area contributed by atoms with Crippen molar-refractivity contribution in [2.45, 2.75) is 38.9 Å². The first-order chi connectivity index (χ1) is 36.5. The van der Waals surface area contributed by atoms with Crippen molar-refractivity contribution in [1.82, 2.24) is 0 Å². The summed E-state index contributed by atoms with van der Waals surface area (Å²) in [6.07, 6.45) is -3.85. The van der Waals surface area contributed by atoms with E-state index in [-0.39, 0.29) is 69.9 Å². The van der Waals surface area contributed by atoms with Gasteiger partial charge < -0.3 is 49.2 Å². The first-order valence-electron chi connectivity index (χ1n) is 21.9. The zero-order valence-corrected chi connectivity index (χ0v) is 42.0. The third-order valence-corrected chi connectivity index (χ3v) is 11.2. The number of phenols is 5. The summed E-state index contributed by atoms with van der Waals surface area (Å²) in [7, 11) is 0. The van der Waals surface area contributed by atoms with Gasteiger partial charge in [-0.25, -0.2) is 57.3 Å². The van der Waals surface area contributed by atoms with Crippen LogP contribution in [0.3, 0.4) is 0 Å². The van der Waals surface area contributed by atoms with Gasteiger partial charge in [0.2, 0.25) is 0 Å². The molecule has 5 N–H and O–H groups in total. The van der Waals surface area contributed by atoms with Gasteiger partial charge in [0.25, 0.3) is 29.5 Å². The smallest absolute Gasteiger partial charge is 0.422 e. The highest BCUT2D eigenvalue weighted by Gasteiger charge is 2.49. The molecule has 25 nitrogen and oxygen atoms in total. The Labute approximate surface area is 446 Å². The number of hydrogen-bond donors (Lipinski definition) is 5. The Hall–Kier alpha value is -9.76. The molecule has 0 aliphatic carbocycles. The van der Waals surface area contributed by atoms with Gasteiger partial charge in [-0.15, -0.1) is 0 Å². The van der Waals surface area contributed by atoms with Crippen molar-refractivity contribution in [3.63, 3.8) is 0 Å². The minimum Gasteiger partial charge on any atom is -0.508 e. The molecule has 29 heteroatoms. The second kappa shape index (κ2) is 23.0. The van der Waals surface area contributed by atoms with Crippen molar-refractivity contribution in [2.75, 3.05) is 44.3 Å². The Balaban J connectivity index is 0.000000158. The minimum atomic E-state index is -1.25. The SMILES string of the molecule is CC1(C)OC(=O)N(c2ccc(Cl)c(O)c2)C1=O.CC1(C)OC(=O)N(c2ccc(F)c(O)c2)C1=O.O=C1COC(=O)N1c1ccc(F)c(O)c1.O=C1COC(=O)N1c1ccc(O)c(Cl)c1.O=C1COC(=O)N1c1ccc(O)cc1. The highest BCUT2D eigenvalue weighted by molar-refractivity contribution is 6.33. The molecule has 10 amide bonds.